The third kappa shape index (κ3) is 4.73. The Morgan fingerprint density at radius 1 is 0.889 bits per heavy atom. The quantitative estimate of drug-likeness (QED) is 0.250. The summed E-state index contributed by atoms with van der Waals surface area (Å²) in [6.07, 6.45) is 5.22. The molecule has 0 saturated carbocycles. The molecule has 0 aromatic heterocycles. The van der Waals surface area contributed by atoms with Crippen molar-refractivity contribution in [3.05, 3.63) is 102 Å². The Labute approximate surface area is 215 Å². The number of aryl methyl sites for hydroxylation is 2. The van der Waals surface area contributed by atoms with Gasteiger partial charge < -0.3 is 5.32 Å². The van der Waals surface area contributed by atoms with E-state index in [-0.39, 0.29) is 29.6 Å². The van der Waals surface area contributed by atoms with Crippen LogP contribution in [0.4, 0.5) is 11.4 Å². The summed E-state index contributed by atoms with van der Waals surface area (Å²) >= 11 is 1.44. The highest BCUT2D eigenvalue weighted by Crippen LogP contribution is 2.40. The highest BCUT2D eigenvalue weighted by molar-refractivity contribution is 8.00. The molecule has 1 heterocycles. The van der Waals surface area contributed by atoms with Gasteiger partial charge in [0, 0.05) is 10.6 Å². The Morgan fingerprint density at radius 2 is 1.53 bits per heavy atom. The van der Waals surface area contributed by atoms with E-state index in [1.165, 1.54) is 16.7 Å². The lowest BCUT2D eigenvalue weighted by Gasteiger charge is -2.19. The van der Waals surface area contributed by atoms with Crippen molar-refractivity contribution in [3.8, 4) is 0 Å². The normalized spacial score (nSPS) is 19.8. The first kappa shape index (κ1) is 24.1. The molecule has 1 N–H and O–H groups in total. The van der Waals surface area contributed by atoms with Crippen LogP contribution in [0.3, 0.4) is 0 Å². The zero-order chi connectivity index (χ0) is 25.2. The third-order valence-electron chi connectivity index (χ3n) is 6.85. The molecule has 5 rings (SSSR count). The summed E-state index contributed by atoms with van der Waals surface area (Å²) in [4.78, 5) is 41.5. The van der Waals surface area contributed by atoms with E-state index < -0.39 is 5.25 Å². The number of carbonyl (C=O) groups excluding carboxylic acids is 3. The fourth-order valence-electron chi connectivity index (χ4n) is 4.83. The fraction of sp³-hybridized carbons (Fsp3) is 0.233. The van der Waals surface area contributed by atoms with Crippen LogP contribution in [0, 0.1) is 25.7 Å². The van der Waals surface area contributed by atoms with Crippen LogP contribution in [-0.4, -0.2) is 17.7 Å². The summed E-state index contributed by atoms with van der Waals surface area (Å²) in [7, 11) is 0. The van der Waals surface area contributed by atoms with E-state index in [0.717, 1.165) is 27.3 Å². The Morgan fingerprint density at radius 3 is 2.17 bits per heavy atom. The number of amides is 3. The number of nitrogens with one attached hydrogen (secondary N) is 1. The molecule has 2 aliphatic rings. The minimum Gasteiger partial charge on any atom is -0.325 e. The molecule has 1 fully saturated rings. The molecule has 3 aromatic rings. The van der Waals surface area contributed by atoms with E-state index in [2.05, 4.69) is 5.32 Å². The van der Waals surface area contributed by atoms with Crippen LogP contribution in [0.25, 0.3) is 0 Å². The predicted octanol–water partition coefficient (Wildman–Crippen LogP) is 6.23. The topological polar surface area (TPSA) is 66.5 Å². The van der Waals surface area contributed by atoms with E-state index in [0.29, 0.717) is 18.5 Å². The number of anilines is 2. The summed E-state index contributed by atoms with van der Waals surface area (Å²) in [6, 6.07) is 23.0. The fourth-order valence-corrected chi connectivity index (χ4v) is 5.86. The molecule has 182 valence electrons. The number of rotatable bonds is 6. The van der Waals surface area contributed by atoms with Crippen molar-refractivity contribution in [2.24, 2.45) is 11.8 Å². The standard InChI is InChI=1S/C30H28N2O3S/c1-19-12-13-20(2)26(18-19)31-28(33)27(21-8-4-3-5-9-21)36-23-16-14-22(15-17-23)32-29(34)24-10-6-7-11-25(24)30(32)35/h3-9,12-18,24-25,27H,10-11H2,1-2H3,(H,31,33). The van der Waals surface area contributed by atoms with Crippen LogP contribution in [0.2, 0.25) is 0 Å². The van der Waals surface area contributed by atoms with Gasteiger partial charge in [-0.2, -0.15) is 0 Å². The summed E-state index contributed by atoms with van der Waals surface area (Å²) in [5.41, 5.74) is 4.37. The number of imide groups is 1. The molecule has 6 heteroatoms. The maximum atomic E-state index is 13.5. The van der Waals surface area contributed by atoms with E-state index in [9.17, 15) is 14.4 Å². The van der Waals surface area contributed by atoms with Crippen LogP contribution in [0.5, 0.6) is 0 Å². The van der Waals surface area contributed by atoms with Crippen molar-refractivity contribution in [2.45, 2.75) is 36.8 Å². The molecule has 36 heavy (non-hydrogen) atoms. The zero-order valence-corrected chi connectivity index (χ0v) is 21.1. The number of nitrogens with zero attached hydrogens (tertiary/aromatic N) is 1. The molecule has 0 spiro atoms. The van der Waals surface area contributed by atoms with Crippen LogP contribution in [0.15, 0.2) is 89.8 Å². The Kier molecular flexibility index (Phi) is 6.79. The van der Waals surface area contributed by atoms with Gasteiger partial charge in [-0.3, -0.25) is 19.3 Å². The van der Waals surface area contributed by atoms with Gasteiger partial charge in [0.15, 0.2) is 0 Å². The van der Waals surface area contributed by atoms with E-state index in [4.69, 9.17) is 0 Å². The van der Waals surface area contributed by atoms with Crippen LogP contribution >= 0.6 is 11.8 Å². The van der Waals surface area contributed by atoms with E-state index in [1.807, 2.05) is 86.7 Å². The van der Waals surface area contributed by atoms with Crippen molar-refractivity contribution in [2.75, 3.05) is 10.2 Å². The van der Waals surface area contributed by atoms with Crippen molar-refractivity contribution in [3.63, 3.8) is 0 Å². The highest BCUT2D eigenvalue weighted by atomic mass is 32.2. The largest absolute Gasteiger partial charge is 0.325 e. The van der Waals surface area contributed by atoms with Gasteiger partial charge in [0.1, 0.15) is 5.25 Å². The summed E-state index contributed by atoms with van der Waals surface area (Å²) in [5, 5.41) is 2.63. The van der Waals surface area contributed by atoms with Gasteiger partial charge in [-0.25, -0.2) is 0 Å². The maximum Gasteiger partial charge on any atom is 0.242 e. The molecular formula is C30H28N2O3S. The van der Waals surface area contributed by atoms with Gasteiger partial charge in [-0.15, -0.1) is 11.8 Å². The Hall–Kier alpha value is -3.64. The van der Waals surface area contributed by atoms with Gasteiger partial charge in [-0.1, -0.05) is 54.6 Å². The molecule has 3 amide bonds. The highest BCUT2D eigenvalue weighted by Gasteiger charge is 2.47. The maximum absolute atomic E-state index is 13.5. The minimum atomic E-state index is -0.471. The van der Waals surface area contributed by atoms with Gasteiger partial charge in [0.2, 0.25) is 17.7 Å². The molecule has 3 aromatic carbocycles. The van der Waals surface area contributed by atoms with Crippen molar-refractivity contribution < 1.29 is 14.4 Å². The smallest absolute Gasteiger partial charge is 0.242 e. The first-order valence-electron chi connectivity index (χ1n) is 12.1. The monoisotopic (exact) mass is 496 g/mol. The second-order valence-corrected chi connectivity index (χ2v) is 10.6. The van der Waals surface area contributed by atoms with Crippen molar-refractivity contribution in [1.29, 1.82) is 0 Å². The molecule has 0 bridgehead atoms. The van der Waals surface area contributed by atoms with Crippen molar-refractivity contribution >= 4 is 40.9 Å². The van der Waals surface area contributed by atoms with Crippen LogP contribution in [0.1, 0.15) is 34.8 Å². The molecule has 3 atom stereocenters. The number of carbonyl (C=O) groups is 3. The second kappa shape index (κ2) is 10.2. The van der Waals surface area contributed by atoms with Crippen molar-refractivity contribution in [1.82, 2.24) is 0 Å². The zero-order valence-electron chi connectivity index (χ0n) is 20.3. The molecule has 5 nitrogen and oxygen atoms in total. The molecular weight excluding hydrogens is 468 g/mol. The second-order valence-electron chi connectivity index (χ2n) is 9.38. The number of hydrogen-bond donors (Lipinski definition) is 1. The first-order valence-corrected chi connectivity index (χ1v) is 13.0. The number of hydrogen-bond acceptors (Lipinski definition) is 4. The van der Waals surface area contributed by atoms with Gasteiger partial charge >= 0.3 is 0 Å². The predicted molar refractivity (Wildman–Crippen MR) is 144 cm³/mol. The minimum absolute atomic E-state index is 0.106. The molecule has 1 aliphatic heterocycles. The summed E-state index contributed by atoms with van der Waals surface area (Å²) in [6.45, 7) is 3.98. The van der Waals surface area contributed by atoms with Crippen LogP contribution in [-0.2, 0) is 14.4 Å². The lowest BCUT2D eigenvalue weighted by atomic mass is 9.85. The summed E-state index contributed by atoms with van der Waals surface area (Å²) < 4.78 is 0. The molecule has 1 saturated heterocycles. The number of thioether (sulfide) groups is 1. The van der Waals surface area contributed by atoms with Gasteiger partial charge in [0.25, 0.3) is 0 Å². The van der Waals surface area contributed by atoms with Crippen LogP contribution < -0.4 is 10.2 Å². The summed E-state index contributed by atoms with van der Waals surface area (Å²) in [5.74, 6) is -0.860. The molecule has 0 radical (unpaired) electrons. The van der Waals surface area contributed by atoms with E-state index in [1.54, 1.807) is 12.1 Å². The Bertz CT molecular complexity index is 1310. The Balaban J connectivity index is 1.37. The lowest BCUT2D eigenvalue weighted by molar-refractivity contribution is -0.122. The SMILES string of the molecule is Cc1ccc(C)c(NC(=O)C(Sc2ccc(N3C(=O)C4CC=CCC4C3=O)cc2)c2ccccc2)c1. The first-order chi connectivity index (χ1) is 17.4. The number of fused-ring (bicyclic) bond motifs is 1. The number of allylic oxidation sites excluding steroid dienone is 2. The molecule has 3 unspecified atom stereocenters. The number of benzene rings is 3. The van der Waals surface area contributed by atoms with E-state index >= 15 is 0 Å². The van der Waals surface area contributed by atoms with Gasteiger partial charge in [-0.05, 0) is 73.7 Å². The molecule has 1 aliphatic carbocycles. The lowest BCUT2D eigenvalue weighted by Crippen LogP contribution is -2.30. The van der Waals surface area contributed by atoms with Gasteiger partial charge in [0.05, 0.1) is 17.5 Å². The third-order valence-corrected chi connectivity index (χ3v) is 8.11. The average Bonchev–Trinajstić information content (AvgIpc) is 3.15. The average molecular weight is 497 g/mol.